The topological polar surface area (TPSA) is 44.3 Å². The Balaban J connectivity index is 1.55. The number of benzene rings is 1. The van der Waals surface area contributed by atoms with Crippen LogP contribution in [-0.4, -0.2) is 29.1 Å². The number of aryl methyl sites for hydroxylation is 1. The van der Waals surface area contributed by atoms with Crippen LogP contribution in [0, 0.1) is 6.92 Å². The van der Waals surface area contributed by atoms with Gasteiger partial charge < -0.3 is 15.1 Å². The van der Waals surface area contributed by atoms with Crippen molar-refractivity contribution in [2.75, 3.05) is 28.2 Å². The number of piperidine rings is 1. The van der Waals surface area contributed by atoms with E-state index in [1.807, 2.05) is 25.1 Å². The van der Waals surface area contributed by atoms with Crippen LogP contribution in [0.5, 0.6) is 0 Å². The van der Waals surface area contributed by atoms with Gasteiger partial charge in [0.05, 0.1) is 16.9 Å². The Bertz CT molecular complexity index is 1180. The van der Waals surface area contributed by atoms with E-state index in [2.05, 4.69) is 26.7 Å². The number of hydrogen-bond acceptors (Lipinski definition) is 5. The van der Waals surface area contributed by atoms with Gasteiger partial charge in [-0.25, -0.2) is 9.97 Å². The molecule has 2 aromatic heterocycles. The summed E-state index contributed by atoms with van der Waals surface area (Å²) in [5.41, 5.74) is 2.26. The van der Waals surface area contributed by atoms with E-state index in [4.69, 9.17) is 4.98 Å². The molecule has 0 saturated carbocycles. The van der Waals surface area contributed by atoms with E-state index in [-0.39, 0.29) is 6.04 Å². The number of fused-ring (bicyclic) bond motifs is 2. The Morgan fingerprint density at radius 2 is 1.88 bits per heavy atom. The van der Waals surface area contributed by atoms with Crippen LogP contribution in [0.1, 0.15) is 24.0 Å². The molecule has 0 radical (unpaired) electrons. The van der Waals surface area contributed by atoms with E-state index in [0.717, 1.165) is 49.3 Å². The van der Waals surface area contributed by atoms with Crippen LogP contribution in [0.15, 0.2) is 67.1 Å². The van der Waals surface area contributed by atoms with Gasteiger partial charge in [0, 0.05) is 30.9 Å². The summed E-state index contributed by atoms with van der Waals surface area (Å²) in [5, 5.41) is 3.29. The highest BCUT2D eigenvalue weighted by Gasteiger charge is 2.35. The Hall–Kier alpha value is -3.55. The third-order valence-corrected chi connectivity index (χ3v) is 6.21. The average molecular weight is 451 g/mol. The number of rotatable bonds is 4. The number of halogens is 3. The van der Waals surface area contributed by atoms with Crippen molar-refractivity contribution in [3.63, 3.8) is 0 Å². The highest BCUT2D eigenvalue weighted by atomic mass is 19.4. The molecular formula is C25H24F3N5. The lowest BCUT2D eigenvalue weighted by molar-refractivity contribution is -0.137. The van der Waals surface area contributed by atoms with Gasteiger partial charge in [0.25, 0.3) is 0 Å². The molecule has 3 aromatic rings. The van der Waals surface area contributed by atoms with Crippen molar-refractivity contribution in [3.8, 4) is 11.3 Å². The molecular weight excluding hydrogens is 427 g/mol. The number of nitrogens with zero attached hydrogens (tertiary/aromatic N) is 4. The third-order valence-electron chi connectivity index (χ3n) is 6.21. The van der Waals surface area contributed by atoms with Gasteiger partial charge in [-0.2, -0.15) is 13.2 Å². The summed E-state index contributed by atoms with van der Waals surface area (Å²) in [6.45, 7) is 8.04. The predicted octanol–water partition coefficient (Wildman–Crippen LogP) is 5.84. The molecule has 0 atom stereocenters. The number of nitrogens with one attached hydrogen (secondary N) is 1. The van der Waals surface area contributed by atoms with Crippen LogP contribution in [0.4, 0.5) is 30.5 Å². The predicted molar refractivity (Wildman–Crippen MR) is 124 cm³/mol. The van der Waals surface area contributed by atoms with Gasteiger partial charge in [0.1, 0.15) is 11.6 Å². The van der Waals surface area contributed by atoms with Crippen LogP contribution in [0.3, 0.4) is 0 Å². The van der Waals surface area contributed by atoms with Crippen molar-refractivity contribution >= 4 is 17.3 Å². The van der Waals surface area contributed by atoms with Gasteiger partial charge in [-0.1, -0.05) is 24.8 Å². The summed E-state index contributed by atoms with van der Waals surface area (Å²) in [5.74, 6) is 2.03. The first-order chi connectivity index (χ1) is 15.8. The molecule has 0 aliphatic carbocycles. The fourth-order valence-electron chi connectivity index (χ4n) is 4.52. The first kappa shape index (κ1) is 21.3. The Labute approximate surface area is 190 Å². The van der Waals surface area contributed by atoms with Gasteiger partial charge in [-0.15, -0.1) is 0 Å². The minimum absolute atomic E-state index is 0.192. The van der Waals surface area contributed by atoms with Gasteiger partial charge in [-0.3, -0.25) is 0 Å². The molecule has 1 aromatic carbocycles. The van der Waals surface area contributed by atoms with Crippen molar-refractivity contribution in [1.82, 2.24) is 9.97 Å². The molecule has 6 rings (SSSR count). The SMILES string of the molecule is C=C(Nc1ccc(C)cn1)N1c2nc(-c3cccc(C(F)(F)F)c3)ccc2N2CCC1CC2. The molecule has 2 bridgehead atoms. The largest absolute Gasteiger partial charge is 0.416 e. The normalized spacial score (nSPS) is 15.9. The van der Waals surface area contributed by atoms with E-state index < -0.39 is 11.7 Å². The van der Waals surface area contributed by atoms with Crippen molar-refractivity contribution in [1.29, 1.82) is 0 Å². The Kier molecular flexibility index (Phi) is 5.23. The van der Waals surface area contributed by atoms with E-state index in [1.165, 1.54) is 6.07 Å². The fourth-order valence-corrected chi connectivity index (χ4v) is 4.52. The van der Waals surface area contributed by atoms with Gasteiger partial charge in [-0.05, 0) is 55.7 Å². The molecule has 3 aliphatic rings. The summed E-state index contributed by atoms with van der Waals surface area (Å²) < 4.78 is 39.8. The monoisotopic (exact) mass is 451 g/mol. The molecule has 5 nitrogen and oxygen atoms in total. The highest BCUT2D eigenvalue weighted by molar-refractivity contribution is 5.77. The second-order valence-electron chi connectivity index (χ2n) is 8.50. The second-order valence-corrected chi connectivity index (χ2v) is 8.50. The molecule has 5 heterocycles. The van der Waals surface area contributed by atoms with E-state index in [9.17, 15) is 13.2 Å². The zero-order valence-electron chi connectivity index (χ0n) is 18.2. The lowest BCUT2D eigenvalue weighted by Crippen LogP contribution is -2.41. The first-order valence-corrected chi connectivity index (χ1v) is 10.9. The van der Waals surface area contributed by atoms with Crippen LogP contribution in [-0.2, 0) is 6.18 Å². The van der Waals surface area contributed by atoms with Crippen LogP contribution >= 0.6 is 0 Å². The molecule has 1 N–H and O–H groups in total. The van der Waals surface area contributed by atoms with E-state index in [0.29, 0.717) is 28.7 Å². The lowest BCUT2D eigenvalue weighted by atomic mass is 10.1. The van der Waals surface area contributed by atoms with Crippen LogP contribution in [0.25, 0.3) is 11.3 Å². The maximum Gasteiger partial charge on any atom is 0.416 e. The van der Waals surface area contributed by atoms with Crippen LogP contribution < -0.4 is 15.1 Å². The summed E-state index contributed by atoms with van der Waals surface area (Å²) in [4.78, 5) is 13.6. The summed E-state index contributed by atoms with van der Waals surface area (Å²) in [7, 11) is 0. The zero-order valence-corrected chi connectivity index (χ0v) is 18.2. The minimum Gasteiger partial charge on any atom is -0.368 e. The van der Waals surface area contributed by atoms with Crippen molar-refractivity contribution in [3.05, 3.63) is 78.3 Å². The smallest absolute Gasteiger partial charge is 0.368 e. The molecule has 1 fully saturated rings. The van der Waals surface area contributed by atoms with Crippen molar-refractivity contribution in [2.45, 2.75) is 32.0 Å². The molecule has 3 aliphatic heterocycles. The Morgan fingerprint density at radius 1 is 1.09 bits per heavy atom. The number of aromatic nitrogens is 2. The average Bonchev–Trinajstić information content (AvgIpc) is 3.05. The standard InChI is InChI=1S/C25H24F3N5/c1-16-6-9-23(29-15-16)30-17(2)33-20-10-12-32(13-11-20)22-8-7-21(31-24(22)33)18-4-3-5-19(14-18)25(26,27)28/h3-9,14-15,20H,2,10-13H2,1H3,(H,29,30). The molecule has 0 unspecified atom stereocenters. The van der Waals surface area contributed by atoms with Crippen LogP contribution in [0.2, 0.25) is 0 Å². The number of pyridine rings is 2. The van der Waals surface area contributed by atoms with Gasteiger partial charge in [0.15, 0.2) is 5.82 Å². The molecule has 0 spiro atoms. The van der Waals surface area contributed by atoms with Crippen molar-refractivity contribution < 1.29 is 13.2 Å². The zero-order chi connectivity index (χ0) is 23.2. The first-order valence-electron chi connectivity index (χ1n) is 10.9. The van der Waals surface area contributed by atoms with E-state index in [1.54, 1.807) is 18.3 Å². The van der Waals surface area contributed by atoms with Gasteiger partial charge >= 0.3 is 6.18 Å². The third kappa shape index (κ3) is 4.13. The fraction of sp³-hybridized carbons (Fsp3) is 0.280. The maximum atomic E-state index is 13.3. The summed E-state index contributed by atoms with van der Waals surface area (Å²) in [6.07, 6.45) is -0.736. The number of alkyl halides is 3. The molecule has 170 valence electrons. The molecule has 8 heteroatoms. The lowest BCUT2D eigenvalue weighted by Gasteiger charge is -2.34. The Morgan fingerprint density at radius 3 is 2.58 bits per heavy atom. The second kappa shape index (κ2) is 8.10. The molecule has 0 amide bonds. The van der Waals surface area contributed by atoms with Gasteiger partial charge in [0.2, 0.25) is 0 Å². The summed E-state index contributed by atoms with van der Waals surface area (Å²) >= 11 is 0. The molecule has 1 saturated heterocycles. The summed E-state index contributed by atoms with van der Waals surface area (Å²) in [6, 6.07) is 13.1. The van der Waals surface area contributed by atoms with E-state index >= 15 is 0 Å². The maximum absolute atomic E-state index is 13.3. The highest BCUT2D eigenvalue weighted by Crippen LogP contribution is 2.41. The minimum atomic E-state index is -4.40. The molecule has 33 heavy (non-hydrogen) atoms. The number of hydrogen-bond donors (Lipinski definition) is 1. The van der Waals surface area contributed by atoms with Crippen molar-refractivity contribution in [2.24, 2.45) is 0 Å². The quantitative estimate of drug-likeness (QED) is 0.540. The number of anilines is 3.